The Morgan fingerprint density at radius 2 is 1.83 bits per heavy atom. The highest BCUT2D eigenvalue weighted by Crippen LogP contribution is 2.27. The lowest BCUT2D eigenvalue weighted by molar-refractivity contribution is -0.126. The van der Waals surface area contributed by atoms with E-state index in [1.807, 2.05) is 18.2 Å². The molecular formula is C23H28FN3O2. The van der Waals surface area contributed by atoms with Gasteiger partial charge in [0.25, 0.3) is 0 Å². The van der Waals surface area contributed by atoms with Crippen LogP contribution in [0.3, 0.4) is 0 Å². The van der Waals surface area contributed by atoms with E-state index in [0.717, 1.165) is 12.1 Å². The van der Waals surface area contributed by atoms with E-state index in [9.17, 15) is 14.0 Å². The lowest BCUT2D eigenvalue weighted by Crippen LogP contribution is -2.33. The van der Waals surface area contributed by atoms with Gasteiger partial charge in [0.2, 0.25) is 11.8 Å². The first kappa shape index (κ1) is 21.0. The van der Waals surface area contributed by atoms with Crippen LogP contribution in [-0.4, -0.2) is 36.3 Å². The van der Waals surface area contributed by atoms with E-state index in [0.29, 0.717) is 12.6 Å². The standard InChI is InChI=1S/C23H28FN3O2/c1-16(2)26(3)14-18-9-5-4-8-17(18)13-25-23(29)19-12-22(28)27(15-19)21-11-7-6-10-20(21)24/h4-11,16,19H,12-15H2,1-3H3,(H,25,29). The minimum absolute atomic E-state index is 0.0951. The number of hydrogen-bond donors (Lipinski definition) is 1. The first-order valence-electron chi connectivity index (χ1n) is 9.96. The second-order valence-corrected chi connectivity index (χ2v) is 7.85. The van der Waals surface area contributed by atoms with Gasteiger partial charge in [0, 0.05) is 32.1 Å². The summed E-state index contributed by atoms with van der Waals surface area (Å²) in [6.07, 6.45) is 0.0951. The predicted molar refractivity (Wildman–Crippen MR) is 112 cm³/mol. The Morgan fingerprint density at radius 1 is 1.17 bits per heavy atom. The molecule has 2 amide bonds. The molecule has 1 heterocycles. The van der Waals surface area contributed by atoms with Crippen LogP contribution in [0.5, 0.6) is 0 Å². The highest BCUT2D eigenvalue weighted by atomic mass is 19.1. The van der Waals surface area contributed by atoms with Crippen molar-refractivity contribution >= 4 is 17.5 Å². The predicted octanol–water partition coefficient (Wildman–Crippen LogP) is 3.34. The van der Waals surface area contributed by atoms with Crippen LogP contribution >= 0.6 is 0 Å². The van der Waals surface area contributed by atoms with Crippen LogP contribution in [0.15, 0.2) is 48.5 Å². The molecule has 154 valence electrons. The maximum Gasteiger partial charge on any atom is 0.227 e. The van der Waals surface area contributed by atoms with Crippen molar-refractivity contribution < 1.29 is 14.0 Å². The van der Waals surface area contributed by atoms with Crippen molar-refractivity contribution in [2.75, 3.05) is 18.5 Å². The zero-order valence-corrected chi connectivity index (χ0v) is 17.2. The zero-order valence-electron chi connectivity index (χ0n) is 17.2. The van der Waals surface area contributed by atoms with E-state index in [4.69, 9.17) is 0 Å². The van der Waals surface area contributed by atoms with Gasteiger partial charge < -0.3 is 10.2 Å². The van der Waals surface area contributed by atoms with Crippen molar-refractivity contribution in [2.45, 2.75) is 39.4 Å². The van der Waals surface area contributed by atoms with E-state index < -0.39 is 11.7 Å². The Balaban J connectivity index is 1.62. The first-order valence-corrected chi connectivity index (χ1v) is 9.96. The highest BCUT2D eigenvalue weighted by molar-refractivity contribution is 6.00. The summed E-state index contributed by atoms with van der Waals surface area (Å²) in [4.78, 5) is 28.6. The third kappa shape index (κ3) is 5.01. The lowest BCUT2D eigenvalue weighted by atomic mass is 10.1. The van der Waals surface area contributed by atoms with Crippen molar-refractivity contribution in [2.24, 2.45) is 5.92 Å². The molecule has 1 N–H and O–H groups in total. The van der Waals surface area contributed by atoms with Gasteiger partial charge in [-0.15, -0.1) is 0 Å². The van der Waals surface area contributed by atoms with Crippen LogP contribution in [0.1, 0.15) is 31.4 Å². The first-order chi connectivity index (χ1) is 13.9. The number of para-hydroxylation sites is 1. The lowest BCUT2D eigenvalue weighted by Gasteiger charge is -2.23. The van der Waals surface area contributed by atoms with Crippen LogP contribution in [-0.2, 0) is 22.7 Å². The van der Waals surface area contributed by atoms with Gasteiger partial charge in [0.1, 0.15) is 5.82 Å². The molecule has 2 aromatic rings. The summed E-state index contributed by atoms with van der Waals surface area (Å²) in [7, 11) is 2.07. The van der Waals surface area contributed by atoms with Gasteiger partial charge in [-0.1, -0.05) is 36.4 Å². The van der Waals surface area contributed by atoms with E-state index in [1.165, 1.54) is 16.5 Å². The molecule has 0 aromatic heterocycles. The zero-order chi connectivity index (χ0) is 21.0. The molecule has 0 bridgehead atoms. The Hall–Kier alpha value is -2.73. The molecule has 1 aliphatic heterocycles. The van der Waals surface area contributed by atoms with Crippen molar-refractivity contribution in [3.05, 3.63) is 65.5 Å². The van der Waals surface area contributed by atoms with Crippen molar-refractivity contribution in [1.82, 2.24) is 10.2 Å². The minimum Gasteiger partial charge on any atom is -0.352 e. The van der Waals surface area contributed by atoms with Crippen LogP contribution < -0.4 is 10.2 Å². The number of nitrogens with one attached hydrogen (secondary N) is 1. The molecule has 29 heavy (non-hydrogen) atoms. The second-order valence-electron chi connectivity index (χ2n) is 7.85. The molecule has 1 saturated heterocycles. The fraction of sp³-hybridized carbons (Fsp3) is 0.391. The average molecular weight is 397 g/mol. The number of halogens is 1. The summed E-state index contributed by atoms with van der Waals surface area (Å²) < 4.78 is 14.0. The molecule has 1 aliphatic rings. The molecule has 0 radical (unpaired) electrons. The van der Waals surface area contributed by atoms with Gasteiger partial charge in [-0.3, -0.25) is 14.5 Å². The van der Waals surface area contributed by atoms with Crippen LogP contribution in [0.4, 0.5) is 10.1 Å². The Bertz CT molecular complexity index is 884. The van der Waals surface area contributed by atoms with E-state index >= 15 is 0 Å². The quantitative estimate of drug-likeness (QED) is 0.780. The smallest absolute Gasteiger partial charge is 0.227 e. The largest absolute Gasteiger partial charge is 0.352 e. The summed E-state index contributed by atoms with van der Waals surface area (Å²) in [5, 5.41) is 2.96. The van der Waals surface area contributed by atoms with Gasteiger partial charge in [-0.05, 0) is 44.2 Å². The van der Waals surface area contributed by atoms with Gasteiger partial charge in [-0.25, -0.2) is 4.39 Å². The summed E-state index contributed by atoms with van der Waals surface area (Å²) in [5.41, 5.74) is 2.46. The van der Waals surface area contributed by atoms with E-state index in [2.05, 4.69) is 37.2 Å². The van der Waals surface area contributed by atoms with Crippen LogP contribution in [0, 0.1) is 11.7 Å². The van der Waals surface area contributed by atoms with Gasteiger partial charge in [0.05, 0.1) is 11.6 Å². The van der Waals surface area contributed by atoms with Crippen LogP contribution in [0.25, 0.3) is 0 Å². The van der Waals surface area contributed by atoms with Crippen molar-refractivity contribution in [3.63, 3.8) is 0 Å². The SMILES string of the molecule is CC(C)N(C)Cc1ccccc1CNC(=O)C1CC(=O)N(c2ccccc2F)C1. The molecule has 6 heteroatoms. The summed E-state index contributed by atoms with van der Waals surface area (Å²) in [5.74, 6) is -1.34. The maximum atomic E-state index is 14.0. The van der Waals surface area contributed by atoms with Gasteiger partial charge in [-0.2, -0.15) is 0 Å². The van der Waals surface area contributed by atoms with E-state index in [-0.39, 0.29) is 30.5 Å². The maximum absolute atomic E-state index is 14.0. The summed E-state index contributed by atoms with van der Waals surface area (Å²) in [6, 6.07) is 14.6. The van der Waals surface area contributed by atoms with E-state index in [1.54, 1.807) is 18.2 Å². The average Bonchev–Trinajstić information content (AvgIpc) is 3.09. The van der Waals surface area contributed by atoms with Gasteiger partial charge in [0.15, 0.2) is 0 Å². The Kier molecular flexibility index (Phi) is 6.64. The Morgan fingerprint density at radius 3 is 2.52 bits per heavy atom. The summed E-state index contributed by atoms with van der Waals surface area (Å²) >= 11 is 0. The molecule has 1 fully saturated rings. The molecule has 1 atom stereocenters. The highest BCUT2D eigenvalue weighted by Gasteiger charge is 2.36. The molecule has 1 unspecified atom stereocenters. The van der Waals surface area contributed by atoms with Crippen LogP contribution in [0.2, 0.25) is 0 Å². The molecular weight excluding hydrogens is 369 g/mol. The number of nitrogens with zero attached hydrogens (tertiary/aromatic N) is 2. The molecule has 2 aromatic carbocycles. The number of hydrogen-bond acceptors (Lipinski definition) is 3. The molecule has 0 saturated carbocycles. The number of rotatable bonds is 7. The van der Waals surface area contributed by atoms with Crippen molar-refractivity contribution in [1.29, 1.82) is 0 Å². The Labute approximate surface area is 171 Å². The fourth-order valence-corrected chi connectivity index (χ4v) is 3.45. The molecule has 3 rings (SSSR count). The normalized spacial score (nSPS) is 16.7. The number of amides is 2. The topological polar surface area (TPSA) is 52.7 Å². The number of benzene rings is 2. The monoisotopic (exact) mass is 397 g/mol. The number of carbonyl (C=O) groups is 2. The third-order valence-corrected chi connectivity index (χ3v) is 5.51. The molecule has 0 spiro atoms. The summed E-state index contributed by atoms with van der Waals surface area (Å²) in [6.45, 7) is 5.69. The number of anilines is 1. The third-order valence-electron chi connectivity index (χ3n) is 5.51. The van der Waals surface area contributed by atoms with Crippen molar-refractivity contribution in [3.8, 4) is 0 Å². The second kappa shape index (κ2) is 9.18. The van der Waals surface area contributed by atoms with Gasteiger partial charge >= 0.3 is 0 Å². The number of carbonyl (C=O) groups excluding carboxylic acids is 2. The molecule has 0 aliphatic carbocycles. The molecule has 5 nitrogen and oxygen atoms in total. The fourth-order valence-electron chi connectivity index (χ4n) is 3.45. The minimum atomic E-state index is -0.479.